The smallest absolute Gasteiger partial charge is 0.0944 e. The predicted molar refractivity (Wildman–Crippen MR) is 84.5 cm³/mol. The van der Waals surface area contributed by atoms with Gasteiger partial charge in [-0.1, -0.05) is 6.92 Å². The molecule has 5 heteroatoms. The van der Waals surface area contributed by atoms with Crippen LogP contribution in [0.15, 0.2) is 5.38 Å². The van der Waals surface area contributed by atoms with E-state index in [1.165, 1.54) is 5.01 Å². The van der Waals surface area contributed by atoms with Crippen molar-refractivity contribution in [3.8, 4) is 0 Å². The number of nitrogens with one attached hydrogen (secondary N) is 1. The standard InChI is InChI=1S/C15H27N3OS/c1-5-16-13(10-14-17-12(2)11-20-14)15(3,4)18-6-8-19-9-7-18/h11,13,16H,5-10H2,1-4H3. The van der Waals surface area contributed by atoms with Gasteiger partial charge in [0.05, 0.1) is 18.2 Å². The van der Waals surface area contributed by atoms with E-state index in [2.05, 4.69) is 48.3 Å². The summed E-state index contributed by atoms with van der Waals surface area (Å²) >= 11 is 1.77. The van der Waals surface area contributed by atoms with E-state index in [4.69, 9.17) is 4.74 Å². The summed E-state index contributed by atoms with van der Waals surface area (Å²) in [6.45, 7) is 13.6. The highest BCUT2D eigenvalue weighted by Gasteiger charge is 2.36. The van der Waals surface area contributed by atoms with Gasteiger partial charge in [0.2, 0.25) is 0 Å². The topological polar surface area (TPSA) is 37.4 Å². The van der Waals surface area contributed by atoms with Crippen molar-refractivity contribution in [3.63, 3.8) is 0 Å². The number of hydrogen-bond donors (Lipinski definition) is 1. The van der Waals surface area contributed by atoms with Crippen molar-refractivity contribution in [1.82, 2.24) is 15.2 Å². The number of nitrogens with zero attached hydrogens (tertiary/aromatic N) is 2. The monoisotopic (exact) mass is 297 g/mol. The molecule has 4 nitrogen and oxygen atoms in total. The van der Waals surface area contributed by atoms with Crippen LogP contribution >= 0.6 is 11.3 Å². The van der Waals surface area contributed by atoms with Crippen molar-refractivity contribution in [2.24, 2.45) is 0 Å². The van der Waals surface area contributed by atoms with Crippen LogP contribution in [0.4, 0.5) is 0 Å². The van der Waals surface area contributed by atoms with Crippen molar-refractivity contribution < 1.29 is 4.74 Å². The zero-order valence-corrected chi connectivity index (χ0v) is 13.9. The van der Waals surface area contributed by atoms with Crippen LogP contribution in [-0.2, 0) is 11.2 Å². The number of ether oxygens (including phenoxy) is 1. The highest BCUT2D eigenvalue weighted by atomic mass is 32.1. The third kappa shape index (κ3) is 3.79. The molecule has 2 rings (SSSR count). The Kier molecular flexibility index (Phi) is 5.55. The van der Waals surface area contributed by atoms with Crippen LogP contribution in [0, 0.1) is 6.92 Å². The molecule has 0 saturated carbocycles. The molecular formula is C15H27N3OS. The van der Waals surface area contributed by atoms with E-state index < -0.39 is 0 Å². The second-order valence-electron chi connectivity index (χ2n) is 5.95. The fourth-order valence-corrected chi connectivity index (χ4v) is 3.67. The van der Waals surface area contributed by atoms with Gasteiger partial charge in [0, 0.05) is 42.2 Å². The summed E-state index contributed by atoms with van der Waals surface area (Å²) in [6.07, 6.45) is 0.997. The van der Waals surface area contributed by atoms with Gasteiger partial charge < -0.3 is 10.1 Å². The number of hydrogen-bond acceptors (Lipinski definition) is 5. The Morgan fingerprint density at radius 1 is 1.45 bits per heavy atom. The number of likely N-dealkylation sites (N-methyl/N-ethyl adjacent to an activating group) is 1. The first kappa shape index (κ1) is 15.9. The first-order valence-electron chi connectivity index (χ1n) is 7.51. The minimum atomic E-state index is 0.110. The average Bonchev–Trinajstić information content (AvgIpc) is 2.85. The average molecular weight is 297 g/mol. The zero-order chi connectivity index (χ0) is 14.6. The van der Waals surface area contributed by atoms with E-state index in [9.17, 15) is 0 Å². The molecule has 0 spiro atoms. The first-order chi connectivity index (χ1) is 9.54. The first-order valence-corrected chi connectivity index (χ1v) is 8.39. The number of aromatic nitrogens is 1. The van der Waals surface area contributed by atoms with Gasteiger partial charge in [-0.3, -0.25) is 4.90 Å². The van der Waals surface area contributed by atoms with E-state index in [1.54, 1.807) is 11.3 Å². The fourth-order valence-electron chi connectivity index (χ4n) is 2.85. The molecule has 1 aliphatic rings. The zero-order valence-electron chi connectivity index (χ0n) is 13.1. The van der Waals surface area contributed by atoms with Crippen LogP contribution < -0.4 is 5.32 Å². The van der Waals surface area contributed by atoms with Gasteiger partial charge >= 0.3 is 0 Å². The largest absolute Gasteiger partial charge is 0.379 e. The quantitative estimate of drug-likeness (QED) is 0.872. The lowest BCUT2D eigenvalue weighted by Gasteiger charge is -2.46. The maximum absolute atomic E-state index is 5.48. The van der Waals surface area contributed by atoms with Gasteiger partial charge in [0.25, 0.3) is 0 Å². The Balaban J connectivity index is 2.08. The summed E-state index contributed by atoms with van der Waals surface area (Å²) in [7, 11) is 0. The molecular weight excluding hydrogens is 270 g/mol. The van der Waals surface area contributed by atoms with Crippen LogP contribution in [0.2, 0.25) is 0 Å². The lowest BCUT2D eigenvalue weighted by molar-refractivity contribution is -0.0230. The highest BCUT2D eigenvalue weighted by Crippen LogP contribution is 2.24. The molecule has 1 saturated heterocycles. The summed E-state index contributed by atoms with van der Waals surface area (Å²) < 4.78 is 5.48. The van der Waals surface area contributed by atoms with Crippen molar-refractivity contribution in [3.05, 3.63) is 16.1 Å². The van der Waals surface area contributed by atoms with Crippen LogP contribution in [0.25, 0.3) is 0 Å². The van der Waals surface area contributed by atoms with E-state index in [-0.39, 0.29) is 5.54 Å². The molecule has 20 heavy (non-hydrogen) atoms. The second kappa shape index (κ2) is 6.98. The van der Waals surface area contributed by atoms with Crippen LogP contribution in [0.3, 0.4) is 0 Å². The van der Waals surface area contributed by atoms with E-state index in [1.807, 2.05) is 0 Å². The normalized spacial score (nSPS) is 19.2. The summed E-state index contributed by atoms with van der Waals surface area (Å²) in [6, 6.07) is 0.413. The van der Waals surface area contributed by atoms with Gasteiger partial charge in [0.15, 0.2) is 0 Å². The fraction of sp³-hybridized carbons (Fsp3) is 0.800. The Labute approximate surface area is 126 Å². The van der Waals surface area contributed by atoms with E-state index >= 15 is 0 Å². The molecule has 1 N–H and O–H groups in total. The van der Waals surface area contributed by atoms with Crippen LogP contribution in [-0.4, -0.2) is 54.3 Å². The molecule has 0 radical (unpaired) electrons. The SMILES string of the molecule is CCNC(Cc1nc(C)cs1)C(C)(C)N1CCOCC1. The summed E-state index contributed by atoms with van der Waals surface area (Å²) in [5.41, 5.74) is 1.24. The number of rotatable bonds is 6. The van der Waals surface area contributed by atoms with Crippen molar-refractivity contribution in [2.45, 2.75) is 45.7 Å². The minimum Gasteiger partial charge on any atom is -0.379 e. The minimum absolute atomic E-state index is 0.110. The molecule has 1 aromatic heterocycles. The Morgan fingerprint density at radius 2 is 2.15 bits per heavy atom. The summed E-state index contributed by atoms with van der Waals surface area (Å²) in [5.74, 6) is 0. The Bertz CT molecular complexity index is 413. The van der Waals surface area contributed by atoms with Gasteiger partial charge in [-0.15, -0.1) is 11.3 Å². The van der Waals surface area contributed by atoms with Crippen LogP contribution in [0.1, 0.15) is 31.5 Å². The van der Waals surface area contributed by atoms with Gasteiger partial charge in [0.1, 0.15) is 0 Å². The molecule has 1 aromatic rings. The van der Waals surface area contributed by atoms with E-state index in [0.29, 0.717) is 6.04 Å². The molecule has 1 atom stereocenters. The van der Waals surface area contributed by atoms with Gasteiger partial charge in [-0.05, 0) is 27.3 Å². The molecule has 1 aliphatic heterocycles. The van der Waals surface area contributed by atoms with E-state index in [0.717, 1.165) is 45.0 Å². The van der Waals surface area contributed by atoms with Crippen LogP contribution in [0.5, 0.6) is 0 Å². The molecule has 1 unspecified atom stereocenters. The molecule has 0 aromatic carbocycles. The number of thiazole rings is 1. The molecule has 2 heterocycles. The highest BCUT2D eigenvalue weighted by molar-refractivity contribution is 7.09. The van der Waals surface area contributed by atoms with Gasteiger partial charge in [-0.2, -0.15) is 0 Å². The third-order valence-electron chi connectivity index (χ3n) is 4.17. The van der Waals surface area contributed by atoms with Crippen molar-refractivity contribution in [2.75, 3.05) is 32.8 Å². The molecule has 0 amide bonds. The predicted octanol–water partition coefficient (Wildman–Crippen LogP) is 2.08. The molecule has 0 aliphatic carbocycles. The summed E-state index contributed by atoms with van der Waals surface area (Å²) in [5, 5.41) is 7.03. The van der Waals surface area contributed by atoms with Gasteiger partial charge in [-0.25, -0.2) is 4.98 Å². The second-order valence-corrected chi connectivity index (χ2v) is 6.89. The Morgan fingerprint density at radius 3 is 2.70 bits per heavy atom. The van der Waals surface area contributed by atoms with Crippen molar-refractivity contribution >= 4 is 11.3 Å². The lowest BCUT2D eigenvalue weighted by Crippen LogP contribution is -2.61. The van der Waals surface area contributed by atoms with Crippen molar-refractivity contribution in [1.29, 1.82) is 0 Å². The molecule has 0 bridgehead atoms. The third-order valence-corrected chi connectivity index (χ3v) is 5.16. The lowest BCUT2D eigenvalue weighted by atomic mass is 9.89. The maximum atomic E-state index is 5.48. The molecule has 1 fully saturated rings. The number of aryl methyl sites for hydroxylation is 1. The summed E-state index contributed by atoms with van der Waals surface area (Å²) in [4.78, 5) is 7.17. The number of morpholine rings is 1. The molecule has 114 valence electrons. The maximum Gasteiger partial charge on any atom is 0.0944 e. The Hall–Kier alpha value is -0.490.